The zero-order chi connectivity index (χ0) is 21.2. The summed E-state index contributed by atoms with van der Waals surface area (Å²) in [7, 11) is 1.77. The Labute approximate surface area is 201 Å². The van der Waals surface area contributed by atoms with Gasteiger partial charge < -0.3 is 20.1 Å². The Morgan fingerprint density at radius 1 is 1.00 bits per heavy atom. The third kappa shape index (κ3) is 7.36. The number of fused-ring (bicyclic) bond motifs is 1. The van der Waals surface area contributed by atoms with E-state index in [4.69, 9.17) is 9.47 Å². The first-order valence-electron chi connectivity index (χ1n) is 10.3. The van der Waals surface area contributed by atoms with Crippen molar-refractivity contribution in [1.82, 2.24) is 15.6 Å². The summed E-state index contributed by atoms with van der Waals surface area (Å²) in [6, 6.07) is 16.5. The lowest BCUT2D eigenvalue weighted by atomic mass is 10.1. The van der Waals surface area contributed by atoms with E-state index in [1.807, 2.05) is 19.2 Å². The summed E-state index contributed by atoms with van der Waals surface area (Å²) in [6.07, 6.45) is 1.82. The lowest BCUT2D eigenvalue weighted by molar-refractivity contribution is 0.110. The summed E-state index contributed by atoms with van der Waals surface area (Å²) >= 11 is 0. The van der Waals surface area contributed by atoms with Crippen LogP contribution in [0.1, 0.15) is 23.6 Å². The van der Waals surface area contributed by atoms with E-state index in [1.54, 1.807) is 7.05 Å². The van der Waals surface area contributed by atoms with Crippen LogP contribution >= 0.6 is 24.0 Å². The standard InChI is InChI=1S/C24H30N4O2.HI/c1-4-29-13-14-30-22-15-18(2)10-11-20(22)16-27-24(25-3)28-17-21-8-5-7-19-9-6-12-26-23(19)21;/h5-12,15H,4,13-14,16-17H2,1-3H3,(H2,25,27,28);1H. The fourth-order valence-electron chi connectivity index (χ4n) is 3.19. The van der Waals surface area contributed by atoms with Crippen molar-refractivity contribution in [2.75, 3.05) is 26.9 Å². The molecule has 0 atom stereocenters. The zero-order valence-corrected chi connectivity index (χ0v) is 20.7. The minimum atomic E-state index is 0. The highest BCUT2D eigenvalue weighted by Crippen LogP contribution is 2.20. The van der Waals surface area contributed by atoms with Gasteiger partial charge in [0.25, 0.3) is 0 Å². The van der Waals surface area contributed by atoms with Gasteiger partial charge in [-0.1, -0.05) is 36.4 Å². The van der Waals surface area contributed by atoms with Crippen molar-refractivity contribution in [2.24, 2.45) is 4.99 Å². The Morgan fingerprint density at radius 2 is 1.77 bits per heavy atom. The fourth-order valence-corrected chi connectivity index (χ4v) is 3.19. The van der Waals surface area contributed by atoms with Gasteiger partial charge in [-0.3, -0.25) is 9.98 Å². The van der Waals surface area contributed by atoms with Gasteiger partial charge in [0, 0.05) is 43.9 Å². The molecule has 7 heteroatoms. The van der Waals surface area contributed by atoms with Gasteiger partial charge in [0.2, 0.25) is 0 Å². The number of benzene rings is 2. The lowest BCUT2D eigenvalue weighted by Gasteiger charge is -2.16. The molecule has 0 bridgehead atoms. The number of ether oxygens (including phenoxy) is 2. The number of nitrogens with zero attached hydrogens (tertiary/aromatic N) is 2. The van der Waals surface area contributed by atoms with Crippen molar-refractivity contribution < 1.29 is 9.47 Å². The smallest absolute Gasteiger partial charge is 0.191 e. The van der Waals surface area contributed by atoms with Gasteiger partial charge in [-0.2, -0.15) is 0 Å². The van der Waals surface area contributed by atoms with Gasteiger partial charge >= 0.3 is 0 Å². The second kappa shape index (κ2) is 13.1. The molecule has 6 nitrogen and oxygen atoms in total. The van der Waals surface area contributed by atoms with Crippen molar-refractivity contribution in [3.05, 3.63) is 71.4 Å². The number of aromatic nitrogens is 1. The predicted octanol–water partition coefficient (Wildman–Crippen LogP) is 4.44. The second-order valence-corrected chi connectivity index (χ2v) is 6.93. The molecule has 0 saturated heterocycles. The molecule has 0 radical (unpaired) electrons. The second-order valence-electron chi connectivity index (χ2n) is 6.93. The Balaban J connectivity index is 0.00000341. The first kappa shape index (κ1) is 24.9. The molecular weight excluding hydrogens is 503 g/mol. The van der Waals surface area contributed by atoms with Crippen molar-refractivity contribution in [1.29, 1.82) is 0 Å². The average Bonchev–Trinajstić information content (AvgIpc) is 2.78. The van der Waals surface area contributed by atoms with E-state index in [0.717, 1.165) is 39.3 Å². The third-order valence-electron chi connectivity index (χ3n) is 4.74. The number of nitrogens with one attached hydrogen (secondary N) is 2. The van der Waals surface area contributed by atoms with E-state index >= 15 is 0 Å². The Bertz CT molecular complexity index is 989. The highest BCUT2D eigenvalue weighted by atomic mass is 127. The van der Waals surface area contributed by atoms with Crippen LogP contribution in [-0.2, 0) is 17.8 Å². The van der Waals surface area contributed by atoms with E-state index in [-0.39, 0.29) is 24.0 Å². The van der Waals surface area contributed by atoms with Gasteiger partial charge in [0.15, 0.2) is 5.96 Å². The van der Waals surface area contributed by atoms with Gasteiger partial charge in [0.1, 0.15) is 12.4 Å². The number of halogens is 1. The maximum Gasteiger partial charge on any atom is 0.191 e. The lowest BCUT2D eigenvalue weighted by Crippen LogP contribution is -2.36. The number of rotatable bonds is 9. The van der Waals surface area contributed by atoms with Crippen LogP contribution in [0.3, 0.4) is 0 Å². The number of para-hydroxylation sites is 1. The van der Waals surface area contributed by atoms with Gasteiger partial charge in [-0.05, 0) is 37.1 Å². The average molecular weight is 534 g/mol. The molecule has 0 fully saturated rings. The van der Waals surface area contributed by atoms with Crippen LogP contribution in [-0.4, -0.2) is 37.8 Å². The molecule has 0 amide bonds. The number of aliphatic imine (C=N–C) groups is 1. The summed E-state index contributed by atoms with van der Waals surface area (Å²) in [5.74, 6) is 1.60. The third-order valence-corrected chi connectivity index (χ3v) is 4.74. The molecule has 1 aromatic heterocycles. The summed E-state index contributed by atoms with van der Waals surface area (Å²) in [4.78, 5) is 8.86. The maximum atomic E-state index is 5.93. The molecule has 0 unspecified atom stereocenters. The fraction of sp³-hybridized carbons (Fsp3) is 0.333. The van der Waals surface area contributed by atoms with E-state index < -0.39 is 0 Å². The van der Waals surface area contributed by atoms with Crippen molar-refractivity contribution >= 4 is 40.8 Å². The molecule has 166 valence electrons. The molecule has 0 aliphatic carbocycles. The quantitative estimate of drug-likeness (QED) is 0.184. The number of hydrogen-bond acceptors (Lipinski definition) is 4. The van der Waals surface area contributed by atoms with E-state index in [9.17, 15) is 0 Å². The SMILES string of the molecule is CCOCCOc1cc(C)ccc1CNC(=NC)NCc1cccc2cccnc12.I. The van der Waals surface area contributed by atoms with E-state index in [2.05, 4.69) is 70.0 Å². The summed E-state index contributed by atoms with van der Waals surface area (Å²) in [6.45, 7) is 7.10. The predicted molar refractivity (Wildman–Crippen MR) is 137 cm³/mol. The summed E-state index contributed by atoms with van der Waals surface area (Å²) in [5, 5.41) is 7.88. The van der Waals surface area contributed by atoms with Crippen LogP contribution in [0.15, 0.2) is 59.7 Å². The zero-order valence-electron chi connectivity index (χ0n) is 18.4. The Kier molecular flexibility index (Phi) is 10.5. The van der Waals surface area contributed by atoms with E-state index in [0.29, 0.717) is 32.9 Å². The molecule has 3 aromatic rings. The van der Waals surface area contributed by atoms with Crippen LogP contribution in [0.4, 0.5) is 0 Å². The van der Waals surface area contributed by atoms with Crippen LogP contribution in [0.25, 0.3) is 10.9 Å². The Morgan fingerprint density at radius 3 is 2.55 bits per heavy atom. The van der Waals surface area contributed by atoms with Crippen molar-refractivity contribution in [3.63, 3.8) is 0 Å². The minimum absolute atomic E-state index is 0. The summed E-state index contributed by atoms with van der Waals surface area (Å²) < 4.78 is 11.3. The van der Waals surface area contributed by atoms with Gasteiger partial charge in [-0.15, -0.1) is 24.0 Å². The number of aryl methyl sites for hydroxylation is 1. The first-order valence-corrected chi connectivity index (χ1v) is 10.3. The number of pyridine rings is 1. The van der Waals surface area contributed by atoms with Crippen LogP contribution in [0.2, 0.25) is 0 Å². The van der Waals surface area contributed by atoms with Gasteiger partial charge in [0.05, 0.1) is 12.1 Å². The number of guanidine groups is 1. The van der Waals surface area contributed by atoms with Crippen LogP contribution in [0, 0.1) is 6.92 Å². The molecule has 0 aliphatic rings. The van der Waals surface area contributed by atoms with Gasteiger partial charge in [-0.25, -0.2) is 0 Å². The Hall–Kier alpha value is -2.39. The molecule has 3 rings (SSSR count). The first-order chi connectivity index (χ1) is 14.7. The molecule has 31 heavy (non-hydrogen) atoms. The number of hydrogen-bond donors (Lipinski definition) is 2. The summed E-state index contributed by atoms with van der Waals surface area (Å²) in [5.41, 5.74) is 4.38. The topological polar surface area (TPSA) is 67.8 Å². The van der Waals surface area contributed by atoms with Crippen LogP contribution < -0.4 is 15.4 Å². The molecule has 2 aromatic carbocycles. The van der Waals surface area contributed by atoms with Crippen molar-refractivity contribution in [2.45, 2.75) is 26.9 Å². The highest BCUT2D eigenvalue weighted by Gasteiger charge is 2.07. The highest BCUT2D eigenvalue weighted by molar-refractivity contribution is 14.0. The van der Waals surface area contributed by atoms with Crippen molar-refractivity contribution in [3.8, 4) is 5.75 Å². The molecule has 0 saturated carbocycles. The van der Waals surface area contributed by atoms with Crippen LogP contribution in [0.5, 0.6) is 5.75 Å². The molecule has 2 N–H and O–H groups in total. The molecule has 1 heterocycles. The normalized spacial score (nSPS) is 11.1. The monoisotopic (exact) mass is 534 g/mol. The van der Waals surface area contributed by atoms with E-state index in [1.165, 1.54) is 0 Å². The molecule has 0 spiro atoms. The molecule has 0 aliphatic heterocycles. The minimum Gasteiger partial charge on any atom is -0.491 e. The largest absolute Gasteiger partial charge is 0.491 e. The maximum absolute atomic E-state index is 5.93. The molecular formula is C24H31IN4O2.